The summed E-state index contributed by atoms with van der Waals surface area (Å²) in [5, 5.41) is 16.5. The quantitative estimate of drug-likeness (QED) is 0.528. The van der Waals surface area contributed by atoms with Crippen molar-refractivity contribution in [3.8, 4) is 0 Å². The number of rotatable bonds is 7. The minimum absolute atomic E-state index is 0.109. The maximum absolute atomic E-state index is 12.2. The molecule has 0 aromatic carbocycles. The van der Waals surface area contributed by atoms with Crippen molar-refractivity contribution in [2.45, 2.75) is 69.7 Å². The predicted octanol–water partition coefficient (Wildman–Crippen LogP) is 1.63. The van der Waals surface area contributed by atoms with Gasteiger partial charge in [0.1, 0.15) is 0 Å². The molecule has 0 bridgehead atoms. The van der Waals surface area contributed by atoms with Crippen molar-refractivity contribution >= 4 is 17.9 Å². The fraction of sp³-hybridized carbons (Fsp3) is 0.789. The number of carbonyl (C=O) groups excluding carboxylic acids is 2. The number of nitrogens with one attached hydrogen (secondary N) is 4. The lowest BCUT2D eigenvalue weighted by atomic mass is 9.96. The fourth-order valence-electron chi connectivity index (χ4n) is 3.89. The molecule has 156 valence electrons. The van der Waals surface area contributed by atoms with Crippen LogP contribution in [0.1, 0.15) is 69.5 Å². The summed E-state index contributed by atoms with van der Waals surface area (Å²) < 4.78 is 1.63. The number of carbonyl (C=O) groups is 2. The van der Waals surface area contributed by atoms with E-state index in [4.69, 9.17) is 0 Å². The van der Waals surface area contributed by atoms with Gasteiger partial charge in [-0.2, -0.15) is 10.1 Å². The maximum atomic E-state index is 12.2. The zero-order valence-corrected chi connectivity index (χ0v) is 16.8. The number of hydrogen-bond donors (Lipinski definition) is 4. The van der Waals surface area contributed by atoms with Crippen molar-refractivity contribution in [2.75, 3.05) is 25.0 Å². The standard InChI is InChI=1S/C19H33N7O2/c1-26-18(24-17(25-26)14-9-12-20-13-10-14)23-16(27)8-5-11-21-19(28)22-15-6-3-2-4-7-15/h14-15,20H,2-13H2,1H3,(H2,21,22,28)(H,23,24,25,27). The molecular weight excluding hydrogens is 358 g/mol. The maximum Gasteiger partial charge on any atom is 0.315 e. The summed E-state index contributed by atoms with van der Waals surface area (Å²) in [6.45, 7) is 2.43. The first-order chi connectivity index (χ1) is 13.6. The molecule has 0 unspecified atom stereocenters. The SMILES string of the molecule is Cn1nc(C2CCNCC2)nc1NC(=O)CCCNC(=O)NC1CCCCC1. The average molecular weight is 392 g/mol. The smallest absolute Gasteiger partial charge is 0.315 e. The van der Waals surface area contributed by atoms with Gasteiger partial charge in [-0.05, 0) is 45.2 Å². The van der Waals surface area contributed by atoms with Gasteiger partial charge in [0, 0.05) is 32.0 Å². The van der Waals surface area contributed by atoms with Crippen LogP contribution in [-0.4, -0.2) is 52.4 Å². The first kappa shape index (κ1) is 20.6. The van der Waals surface area contributed by atoms with Crippen molar-refractivity contribution in [3.63, 3.8) is 0 Å². The normalized spacial score (nSPS) is 18.6. The number of nitrogens with zero attached hydrogens (tertiary/aromatic N) is 3. The molecule has 28 heavy (non-hydrogen) atoms. The number of aromatic nitrogens is 3. The molecule has 1 aromatic heterocycles. The number of aryl methyl sites for hydroxylation is 1. The van der Waals surface area contributed by atoms with E-state index >= 15 is 0 Å². The summed E-state index contributed by atoms with van der Waals surface area (Å²) in [5.41, 5.74) is 0. The molecule has 4 N–H and O–H groups in total. The number of urea groups is 1. The topological polar surface area (TPSA) is 113 Å². The minimum Gasteiger partial charge on any atom is -0.338 e. The summed E-state index contributed by atoms with van der Waals surface area (Å²) in [6, 6.07) is 0.161. The first-order valence-electron chi connectivity index (χ1n) is 10.6. The van der Waals surface area contributed by atoms with Crippen LogP contribution in [0.5, 0.6) is 0 Å². The Kier molecular flexibility index (Phi) is 7.64. The minimum atomic E-state index is -0.132. The Morgan fingerprint density at radius 2 is 1.89 bits per heavy atom. The lowest BCUT2D eigenvalue weighted by molar-refractivity contribution is -0.116. The Morgan fingerprint density at radius 3 is 2.64 bits per heavy atom. The van der Waals surface area contributed by atoms with Gasteiger partial charge in [-0.3, -0.25) is 10.1 Å². The molecule has 1 saturated heterocycles. The third-order valence-corrected chi connectivity index (χ3v) is 5.54. The van der Waals surface area contributed by atoms with Crippen molar-refractivity contribution < 1.29 is 9.59 Å². The van der Waals surface area contributed by atoms with E-state index in [0.29, 0.717) is 37.3 Å². The average Bonchev–Trinajstić information content (AvgIpc) is 3.07. The van der Waals surface area contributed by atoms with Crippen LogP contribution in [0, 0.1) is 0 Å². The monoisotopic (exact) mass is 391 g/mol. The van der Waals surface area contributed by atoms with E-state index in [1.54, 1.807) is 11.7 Å². The highest BCUT2D eigenvalue weighted by molar-refractivity contribution is 5.89. The van der Waals surface area contributed by atoms with Crippen LogP contribution in [-0.2, 0) is 11.8 Å². The first-order valence-corrected chi connectivity index (χ1v) is 10.6. The van der Waals surface area contributed by atoms with E-state index in [9.17, 15) is 9.59 Å². The van der Waals surface area contributed by atoms with Gasteiger partial charge in [0.2, 0.25) is 11.9 Å². The zero-order valence-electron chi connectivity index (χ0n) is 16.8. The van der Waals surface area contributed by atoms with Gasteiger partial charge in [0.05, 0.1) is 0 Å². The van der Waals surface area contributed by atoms with Gasteiger partial charge < -0.3 is 16.0 Å². The fourth-order valence-corrected chi connectivity index (χ4v) is 3.89. The molecule has 3 rings (SSSR count). The van der Waals surface area contributed by atoms with Crippen LogP contribution in [0.15, 0.2) is 0 Å². The van der Waals surface area contributed by atoms with Gasteiger partial charge in [-0.1, -0.05) is 19.3 Å². The van der Waals surface area contributed by atoms with Crippen molar-refractivity contribution in [1.82, 2.24) is 30.7 Å². The molecule has 9 heteroatoms. The summed E-state index contributed by atoms with van der Waals surface area (Å²) in [7, 11) is 1.80. The molecular formula is C19H33N7O2. The summed E-state index contributed by atoms with van der Waals surface area (Å²) in [6.07, 6.45) is 8.72. The Hall–Kier alpha value is -2.16. The number of piperidine rings is 1. The highest BCUT2D eigenvalue weighted by Crippen LogP contribution is 2.23. The van der Waals surface area contributed by atoms with Gasteiger partial charge >= 0.3 is 6.03 Å². The van der Waals surface area contributed by atoms with E-state index in [-0.39, 0.29) is 11.9 Å². The summed E-state index contributed by atoms with van der Waals surface area (Å²) in [4.78, 5) is 28.6. The van der Waals surface area contributed by atoms with Gasteiger partial charge in [-0.15, -0.1) is 0 Å². The molecule has 2 heterocycles. The van der Waals surface area contributed by atoms with E-state index in [2.05, 4.69) is 31.3 Å². The van der Waals surface area contributed by atoms with Crippen LogP contribution in [0.3, 0.4) is 0 Å². The largest absolute Gasteiger partial charge is 0.338 e. The van der Waals surface area contributed by atoms with E-state index < -0.39 is 0 Å². The predicted molar refractivity (Wildman–Crippen MR) is 107 cm³/mol. The van der Waals surface area contributed by atoms with Crippen LogP contribution < -0.4 is 21.3 Å². The lowest BCUT2D eigenvalue weighted by Crippen LogP contribution is -2.43. The molecule has 0 radical (unpaired) electrons. The van der Waals surface area contributed by atoms with Crippen molar-refractivity contribution in [3.05, 3.63) is 5.82 Å². The second-order valence-corrected chi connectivity index (χ2v) is 7.83. The van der Waals surface area contributed by atoms with Crippen LogP contribution in [0.4, 0.5) is 10.7 Å². The Labute approximate surface area is 166 Å². The molecule has 9 nitrogen and oxygen atoms in total. The number of anilines is 1. The second-order valence-electron chi connectivity index (χ2n) is 7.83. The highest BCUT2D eigenvalue weighted by atomic mass is 16.2. The molecule has 0 atom stereocenters. The van der Waals surface area contributed by atoms with Crippen molar-refractivity contribution in [1.29, 1.82) is 0 Å². The number of amides is 3. The molecule has 1 aliphatic heterocycles. The molecule has 2 fully saturated rings. The molecule has 1 saturated carbocycles. The van der Waals surface area contributed by atoms with E-state index in [1.165, 1.54) is 19.3 Å². The van der Waals surface area contributed by atoms with Crippen molar-refractivity contribution in [2.24, 2.45) is 7.05 Å². The molecule has 1 aliphatic carbocycles. The van der Waals surface area contributed by atoms with Crippen LogP contribution in [0.25, 0.3) is 0 Å². The van der Waals surface area contributed by atoms with Crippen LogP contribution in [0.2, 0.25) is 0 Å². The van der Waals surface area contributed by atoms with Gasteiger partial charge in [0.15, 0.2) is 5.82 Å². The molecule has 2 aliphatic rings. The van der Waals surface area contributed by atoms with Gasteiger partial charge in [-0.25, -0.2) is 9.48 Å². The lowest BCUT2D eigenvalue weighted by Gasteiger charge is -2.22. The third kappa shape index (κ3) is 6.19. The van der Waals surface area contributed by atoms with E-state index in [0.717, 1.165) is 44.6 Å². The highest BCUT2D eigenvalue weighted by Gasteiger charge is 2.21. The molecule has 0 spiro atoms. The zero-order chi connectivity index (χ0) is 19.8. The third-order valence-electron chi connectivity index (χ3n) is 5.54. The molecule has 3 amide bonds. The second kappa shape index (κ2) is 10.4. The van der Waals surface area contributed by atoms with Gasteiger partial charge in [0.25, 0.3) is 0 Å². The Bertz CT molecular complexity index is 649. The van der Waals surface area contributed by atoms with Crippen LogP contribution >= 0.6 is 0 Å². The Balaban J connectivity index is 1.34. The Morgan fingerprint density at radius 1 is 1.14 bits per heavy atom. The van der Waals surface area contributed by atoms with E-state index in [1.807, 2.05) is 0 Å². The molecule has 1 aromatic rings. The number of hydrogen-bond acceptors (Lipinski definition) is 5. The summed E-state index contributed by atoms with van der Waals surface area (Å²) in [5.74, 6) is 1.54. The summed E-state index contributed by atoms with van der Waals surface area (Å²) >= 11 is 0.